The van der Waals surface area contributed by atoms with Crippen LogP contribution in [0.2, 0.25) is 5.02 Å². The van der Waals surface area contributed by atoms with Crippen LogP contribution in [0.3, 0.4) is 0 Å². The first-order valence-electron chi connectivity index (χ1n) is 5.53. The zero-order valence-corrected chi connectivity index (χ0v) is 11.5. The van der Waals surface area contributed by atoms with Crippen molar-refractivity contribution in [1.82, 2.24) is 4.72 Å². The zero-order chi connectivity index (χ0) is 13.9. The zero-order valence-electron chi connectivity index (χ0n) is 9.97. The van der Waals surface area contributed by atoms with Gasteiger partial charge in [-0.15, -0.1) is 0 Å². The Hall–Kier alpha value is -1.34. The van der Waals surface area contributed by atoms with Crippen molar-refractivity contribution in [3.8, 4) is 0 Å². The molecule has 0 aliphatic rings. The molecule has 0 spiro atoms. The molecule has 1 heterocycles. The number of sulfonamides is 1. The second-order valence-electron chi connectivity index (χ2n) is 3.86. The van der Waals surface area contributed by atoms with Crippen LogP contribution in [-0.4, -0.2) is 8.42 Å². The van der Waals surface area contributed by atoms with Gasteiger partial charge < -0.3 is 10.2 Å². The third kappa shape index (κ3) is 3.36. The fourth-order valence-corrected chi connectivity index (χ4v) is 2.78. The highest BCUT2D eigenvalue weighted by molar-refractivity contribution is 7.89. The van der Waals surface area contributed by atoms with Gasteiger partial charge in [0.1, 0.15) is 5.76 Å². The van der Waals surface area contributed by atoms with Crippen LogP contribution in [0.25, 0.3) is 0 Å². The summed E-state index contributed by atoms with van der Waals surface area (Å²) in [6.07, 6.45) is 1.48. The van der Waals surface area contributed by atoms with Crippen LogP contribution in [0.15, 0.2) is 45.9 Å². The van der Waals surface area contributed by atoms with Gasteiger partial charge in [-0.1, -0.05) is 11.6 Å². The number of nitrogens with one attached hydrogen (secondary N) is 1. The second kappa shape index (κ2) is 5.75. The fraction of sp³-hybridized carbons (Fsp3) is 0.167. The maximum Gasteiger partial charge on any atom is 0.240 e. The summed E-state index contributed by atoms with van der Waals surface area (Å²) in [4.78, 5) is 0.129. The summed E-state index contributed by atoms with van der Waals surface area (Å²) in [6, 6.07) is 7.80. The number of rotatable bonds is 5. The first-order chi connectivity index (χ1) is 9.03. The Morgan fingerprint density at radius 2 is 2.11 bits per heavy atom. The number of nitrogens with two attached hydrogens (primary N) is 1. The first-order valence-corrected chi connectivity index (χ1v) is 7.39. The molecular weight excluding hydrogens is 288 g/mol. The summed E-state index contributed by atoms with van der Waals surface area (Å²) < 4.78 is 31.6. The summed E-state index contributed by atoms with van der Waals surface area (Å²) in [5.74, 6) is 0.539. The topological polar surface area (TPSA) is 85.3 Å². The average Bonchev–Trinajstić information content (AvgIpc) is 2.90. The maximum atomic E-state index is 12.1. The summed E-state index contributed by atoms with van der Waals surface area (Å²) in [6.45, 7) is 0.274. The van der Waals surface area contributed by atoms with Crippen molar-refractivity contribution >= 4 is 21.6 Å². The summed E-state index contributed by atoms with van der Waals surface area (Å²) in [7, 11) is -3.61. The predicted molar refractivity (Wildman–Crippen MR) is 72.1 cm³/mol. The van der Waals surface area contributed by atoms with Gasteiger partial charge in [0.2, 0.25) is 10.0 Å². The highest BCUT2D eigenvalue weighted by Gasteiger charge is 2.15. The van der Waals surface area contributed by atoms with E-state index in [-0.39, 0.29) is 18.0 Å². The van der Waals surface area contributed by atoms with E-state index in [1.807, 2.05) is 0 Å². The van der Waals surface area contributed by atoms with Crippen molar-refractivity contribution in [1.29, 1.82) is 0 Å². The third-order valence-electron chi connectivity index (χ3n) is 2.56. The highest BCUT2D eigenvalue weighted by atomic mass is 35.5. The number of halogens is 1. The molecule has 3 N–H and O–H groups in total. The molecule has 0 aliphatic heterocycles. The molecule has 1 aromatic carbocycles. The molecule has 0 amide bonds. The van der Waals surface area contributed by atoms with E-state index in [2.05, 4.69) is 4.72 Å². The van der Waals surface area contributed by atoms with Crippen LogP contribution in [0.4, 0.5) is 0 Å². The summed E-state index contributed by atoms with van der Waals surface area (Å²) in [5, 5.41) is 0.451. The van der Waals surface area contributed by atoms with Gasteiger partial charge in [0.05, 0.1) is 17.7 Å². The lowest BCUT2D eigenvalue weighted by Crippen LogP contribution is -2.23. The quantitative estimate of drug-likeness (QED) is 0.882. The van der Waals surface area contributed by atoms with Gasteiger partial charge in [0, 0.05) is 11.6 Å². The lowest BCUT2D eigenvalue weighted by molar-refractivity contribution is 0.498. The van der Waals surface area contributed by atoms with E-state index in [1.54, 1.807) is 12.1 Å². The molecule has 0 radical (unpaired) electrons. The van der Waals surface area contributed by atoms with Gasteiger partial charge >= 0.3 is 0 Å². The summed E-state index contributed by atoms with van der Waals surface area (Å²) >= 11 is 5.89. The molecule has 19 heavy (non-hydrogen) atoms. The van der Waals surface area contributed by atoms with Crippen molar-refractivity contribution in [2.75, 3.05) is 0 Å². The van der Waals surface area contributed by atoms with Gasteiger partial charge in [-0.2, -0.15) is 0 Å². The van der Waals surface area contributed by atoms with Crippen molar-refractivity contribution in [2.24, 2.45) is 5.73 Å². The lowest BCUT2D eigenvalue weighted by Gasteiger charge is -2.08. The standard InChI is InChI=1S/C12H13ClN2O3S/c13-12-4-3-11(6-9(12)7-14)19(16,17)15-8-10-2-1-5-18-10/h1-6,15H,7-8,14H2. The molecule has 5 nitrogen and oxygen atoms in total. The highest BCUT2D eigenvalue weighted by Crippen LogP contribution is 2.20. The number of furan rings is 1. The van der Waals surface area contributed by atoms with Crippen LogP contribution in [0.1, 0.15) is 11.3 Å². The molecule has 0 bridgehead atoms. The van der Waals surface area contributed by atoms with Gasteiger partial charge in [0.25, 0.3) is 0 Å². The Morgan fingerprint density at radius 3 is 2.74 bits per heavy atom. The number of hydrogen-bond acceptors (Lipinski definition) is 4. The molecule has 0 fully saturated rings. The van der Waals surface area contributed by atoms with E-state index < -0.39 is 10.0 Å². The van der Waals surface area contributed by atoms with Gasteiger partial charge in [0.15, 0.2) is 0 Å². The van der Waals surface area contributed by atoms with E-state index in [1.165, 1.54) is 24.5 Å². The lowest BCUT2D eigenvalue weighted by atomic mass is 10.2. The van der Waals surface area contributed by atoms with E-state index in [0.717, 1.165) is 0 Å². The third-order valence-corrected chi connectivity index (χ3v) is 4.33. The minimum Gasteiger partial charge on any atom is -0.468 e. The molecular formula is C12H13ClN2O3S. The largest absolute Gasteiger partial charge is 0.468 e. The van der Waals surface area contributed by atoms with Crippen LogP contribution in [0.5, 0.6) is 0 Å². The molecule has 2 aromatic rings. The Morgan fingerprint density at radius 1 is 1.32 bits per heavy atom. The molecule has 1 aromatic heterocycles. The Labute approximate surface area is 116 Å². The Bertz CT molecular complexity index is 654. The fourth-order valence-electron chi connectivity index (χ4n) is 1.54. The van der Waals surface area contributed by atoms with E-state index >= 15 is 0 Å². The smallest absolute Gasteiger partial charge is 0.240 e. The van der Waals surface area contributed by atoms with E-state index in [4.69, 9.17) is 21.8 Å². The van der Waals surface area contributed by atoms with Gasteiger partial charge in [-0.3, -0.25) is 0 Å². The second-order valence-corrected chi connectivity index (χ2v) is 6.04. The SMILES string of the molecule is NCc1cc(S(=O)(=O)NCc2ccco2)ccc1Cl. The predicted octanol–water partition coefficient (Wildman–Crippen LogP) is 1.87. The molecule has 7 heteroatoms. The van der Waals surface area contributed by atoms with Crippen LogP contribution >= 0.6 is 11.6 Å². The van der Waals surface area contributed by atoms with Gasteiger partial charge in [-0.25, -0.2) is 13.1 Å². The first kappa shape index (κ1) is 14.1. The normalized spacial score (nSPS) is 11.7. The average molecular weight is 301 g/mol. The van der Waals surface area contributed by atoms with Crippen LogP contribution < -0.4 is 10.5 Å². The van der Waals surface area contributed by atoms with Crippen LogP contribution in [0, 0.1) is 0 Å². The van der Waals surface area contributed by atoms with Crippen molar-refractivity contribution in [3.63, 3.8) is 0 Å². The molecule has 0 atom stereocenters. The molecule has 0 aliphatic carbocycles. The minimum absolute atomic E-state index is 0.0932. The monoisotopic (exact) mass is 300 g/mol. The summed E-state index contributed by atoms with van der Waals surface area (Å²) in [5.41, 5.74) is 6.08. The molecule has 102 valence electrons. The Balaban J connectivity index is 2.19. The van der Waals surface area contributed by atoms with E-state index in [9.17, 15) is 8.42 Å². The van der Waals surface area contributed by atoms with Crippen molar-refractivity contribution in [3.05, 3.63) is 52.9 Å². The van der Waals surface area contributed by atoms with Crippen molar-refractivity contribution in [2.45, 2.75) is 18.0 Å². The number of benzene rings is 1. The Kier molecular flexibility index (Phi) is 4.26. The van der Waals surface area contributed by atoms with Gasteiger partial charge in [-0.05, 0) is 35.9 Å². The number of hydrogen-bond donors (Lipinski definition) is 2. The molecule has 0 saturated carbocycles. The van der Waals surface area contributed by atoms with E-state index in [0.29, 0.717) is 16.3 Å². The molecule has 2 rings (SSSR count). The van der Waals surface area contributed by atoms with Crippen molar-refractivity contribution < 1.29 is 12.8 Å². The molecule has 0 saturated heterocycles. The van der Waals surface area contributed by atoms with Crippen LogP contribution in [-0.2, 0) is 23.1 Å². The minimum atomic E-state index is -3.61. The molecule has 0 unspecified atom stereocenters. The maximum absolute atomic E-state index is 12.1.